The summed E-state index contributed by atoms with van der Waals surface area (Å²) >= 11 is 12.0. The molecule has 1 N–H and O–H groups in total. The second-order valence-electron chi connectivity index (χ2n) is 7.86. The minimum Gasteiger partial charge on any atom is -0.507 e. The summed E-state index contributed by atoms with van der Waals surface area (Å²) in [5.41, 5.74) is 1.22. The summed E-state index contributed by atoms with van der Waals surface area (Å²) in [5.74, 6) is -1.51. The molecule has 2 aliphatic heterocycles. The number of Topliss-reactive ketones (excluding diaryl/α,β-unsaturated/α-hetero) is 1. The summed E-state index contributed by atoms with van der Waals surface area (Å²) < 4.78 is 5.38. The number of ketones is 1. The fourth-order valence-corrected chi connectivity index (χ4v) is 4.41. The molecule has 2 aromatic rings. The molecule has 2 aromatic carbocycles. The van der Waals surface area contributed by atoms with Gasteiger partial charge in [0, 0.05) is 41.8 Å². The number of benzene rings is 2. The number of amides is 1. The van der Waals surface area contributed by atoms with Crippen LogP contribution in [-0.4, -0.2) is 66.0 Å². The van der Waals surface area contributed by atoms with Gasteiger partial charge in [-0.2, -0.15) is 0 Å². The Labute approximate surface area is 197 Å². The lowest BCUT2D eigenvalue weighted by Crippen LogP contribution is -2.38. The lowest BCUT2D eigenvalue weighted by molar-refractivity contribution is -0.140. The third-order valence-corrected chi connectivity index (χ3v) is 6.32. The van der Waals surface area contributed by atoms with E-state index in [9.17, 15) is 14.7 Å². The van der Waals surface area contributed by atoms with Gasteiger partial charge in [0.25, 0.3) is 11.7 Å². The van der Waals surface area contributed by atoms with Crippen LogP contribution in [0.15, 0.2) is 54.1 Å². The molecule has 0 radical (unpaired) electrons. The van der Waals surface area contributed by atoms with Crippen molar-refractivity contribution < 1.29 is 19.4 Å². The van der Waals surface area contributed by atoms with Gasteiger partial charge in [0.1, 0.15) is 5.76 Å². The molecule has 0 saturated carbocycles. The minimum absolute atomic E-state index is 0.0750. The summed E-state index contributed by atoms with van der Waals surface area (Å²) in [6.45, 7) is 4.32. The number of rotatable bonds is 6. The molecule has 2 saturated heterocycles. The van der Waals surface area contributed by atoms with Gasteiger partial charge in [0.05, 0.1) is 24.8 Å². The molecule has 2 heterocycles. The molecule has 2 aliphatic rings. The average Bonchev–Trinajstić information content (AvgIpc) is 3.05. The highest BCUT2D eigenvalue weighted by Crippen LogP contribution is 2.39. The van der Waals surface area contributed by atoms with Crippen molar-refractivity contribution in [1.82, 2.24) is 9.80 Å². The van der Waals surface area contributed by atoms with E-state index in [0.717, 1.165) is 25.2 Å². The number of likely N-dealkylation sites (tertiary alicyclic amines) is 1. The second-order valence-corrected chi connectivity index (χ2v) is 8.73. The highest BCUT2D eigenvalue weighted by atomic mass is 35.5. The van der Waals surface area contributed by atoms with Gasteiger partial charge in [0.2, 0.25) is 0 Å². The Kier molecular flexibility index (Phi) is 7.16. The van der Waals surface area contributed by atoms with Crippen molar-refractivity contribution in [1.29, 1.82) is 0 Å². The Morgan fingerprint density at radius 3 is 2.16 bits per heavy atom. The molecule has 0 unspecified atom stereocenters. The number of hydrogen-bond acceptors (Lipinski definition) is 5. The van der Waals surface area contributed by atoms with Crippen LogP contribution in [0, 0.1) is 0 Å². The molecule has 4 rings (SSSR count). The van der Waals surface area contributed by atoms with E-state index in [4.69, 9.17) is 27.9 Å². The van der Waals surface area contributed by atoms with Crippen LogP contribution in [0.4, 0.5) is 0 Å². The fourth-order valence-electron chi connectivity index (χ4n) is 4.15. The van der Waals surface area contributed by atoms with Crippen LogP contribution >= 0.6 is 23.2 Å². The number of aliphatic hydroxyl groups excluding tert-OH is 1. The summed E-state index contributed by atoms with van der Waals surface area (Å²) in [6, 6.07) is 12.8. The zero-order chi connectivity index (χ0) is 22.7. The molecule has 8 heteroatoms. The molecular weight excluding hydrogens is 451 g/mol. The van der Waals surface area contributed by atoms with Gasteiger partial charge >= 0.3 is 0 Å². The van der Waals surface area contributed by atoms with Crippen molar-refractivity contribution in [3.63, 3.8) is 0 Å². The fraction of sp³-hybridized carbons (Fsp3) is 0.333. The number of morpholine rings is 1. The minimum atomic E-state index is -0.691. The number of hydrogen-bond donors (Lipinski definition) is 1. The molecule has 168 valence electrons. The average molecular weight is 475 g/mol. The second kappa shape index (κ2) is 10.0. The molecule has 0 bridgehead atoms. The third kappa shape index (κ3) is 4.84. The lowest BCUT2D eigenvalue weighted by atomic mass is 9.95. The van der Waals surface area contributed by atoms with E-state index in [-0.39, 0.29) is 11.3 Å². The van der Waals surface area contributed by atoms with Gasteiger partial charge in [-0.3, -0.25) is 14.5 Å². The number of nitrogens with zero attached hydrogens (tertiary/aromatic N) is 2. The Balaban J connectivity index is 1.66. The predicted molar refractivity (Wildman–Crippen MR) is 124 cm³/mol. The van der Waals surface area contributed by atoms with Crippen LogP contribution in [0.5, 0.6) is 0 Å². The maximum Gasteiger partial charge on any atom is 0.295 e. The molecule has 0 aromatic heterocycles. The van der Waals surface area contributed by atoms with E-state index in [2.05, 4.69) is 4.90 Å². The number of aliphatic hydroxyl groups is 1. The Hall–Kier alpha value is -2.38. The molecule has 0 aliphatic carbocycles. The van der Waals surface area contributed by atoms with Crippen LogP contribution < -0.4 is 0 Å². The van der Waals surface area contributed by atoms with Gasteiger partial charge in [0.15, 0.2) is 0 Å². The molecule has 1 amide bonds. The van der Waals surface area contributed by atoms with Crippen LogP contribution in [0.1, 0.15) is 23.6 Å². The first kappa shape index (κ1) is 22.8. The molecular formula is C24H24Cl2N2O4. The monoisotopic (exact) mass is 474 g/mol. The van der Waals surface area contributed by atoms with Gasteiger partial charge in [-0.05, 0) is 48.4 Å². The molecule has 0 spiro atoms. The van der Waals surface area contributed by atoms with Crippen molar-refractivity contribution in [2.24, 2.45) is 0 Å². The smallest absolute Gasteiger partial charge is 0.295 e. The van der Waals surface area contributed by atoms with Crippen LogP contribution in [0.3, 0.4) is 0 Å². The molecule has 32 heavy (non-hydrogen) atoms. The van der Waals surface area contributed by atoms with Crippen molar-refractivity contribution in [3.05, 3.63) is 75.3 Å². The quantitative estimate of drug-likeness (QED) is 0.387. The Morgan fingerprint density at radius 1 is 0.938 bits per heavy atom. The van der Waals surface area contributed by atoms with E-state index >= 15 is 0 Å². The highest BCUT2D eigenvalue weighted by molar-refractivity contribution is 6.46. The maximum atomic E-state index is 13.0. The van der Waals surface area contributed by atoms with Crippen LogP contribution in [-0.2, 0) is 14.3 Å². The van der Waals surface area contributed by atoms with Crippen molar-refractivity contribution in [3.8, 4) is 0 Å². The van der Waals surface area contributed by atoms with E-state index in [1.807, 2.05) is 0 Å². The molecule has 6 nitrogen and oxygen atoms in total. The van der Waals surface area contributed by atoms with Gasteiger partial charge in [-0.1, -0.05) is 35.3 Å². The standard InChI is InChI=1S/C24H24Cl2N2O4/c25-18-6-2-16(3-7-18)21-20(22(29)17-4-8-19(26)9-5-17)23(30)24(31)28(21)11-1-10-27-12-14-32-15-13-27/h2-9,21,29H,1,10-15H2/b22-20+/t21-/m0/s1. The third-order valence-electron chi connectivity index (χ3n) is 5.82. The van der Waals surface area contributed by atoms with Crippen molar-refractivity contribution in [2.75, 3.05) is 39.4 Å². The molecule has 1 atom stereocenters. The van der Waals surface area contributed by atoms with Gasteiger partial charge in [-0.15, -0.1) is 0 Å². The highest BCUT2D eigenvalue weighted by Gasteiger charge is 2.45. The summed E-state index contributed by atoms with van der Waals surface area (Å²) in [5, 5.41) is 12.1. The predicted octanol–water partition coefficient (Wildman–Crippen LogP) is 4.14. The largest absolute Gasteiger partial charge is 0.507 e. The van der Waals surface area contributed by atoms with E-state index in [0.29, 0.717) is 41.8 Å². The van der Waals surface area contributed by atoms with Crippen molar-refractivity contribution >= 4 is 40.7 Å². The van der Waals surface area contributed by atoms with E-state index < -0.39 is 17.7 Å². The normalized spacial score (nSPS) is 21.3. The number of halogens is 2. The SMILES string of the molecule is O=C1C(=O)N(CCCN2CCOCC2)[C@@H](c2ccc(Cl)cc2)/C1=C(\O)c1ccc(Cl)cc1. The zero-order valence-electron chi connectivity index (χ0n) is 17.5. The first-order valence-electron chi connectivity index (χ1n) is 10.6. The summed E-state index contributed by atoms with van der Waals surface area (Å²) in [6.07, 6.45) is 0.706. The summed E-state index contributed by atoms with van der Waals surface area (Å²) in [7, 11) is 0. The lowest BCUT2D eigenvalue weighted by Gasteiger charge is -2.29. The van der Waals surface area contributed by atoms with E-state index in [1.165, 1.54) is 0 Å². The number of ether oxygens (including phenoxy) is 1. The zero-order valence-corrected chi connectivity index (χ0v) is 19.0. The first-order valence-corrected chi connectivity index (χ1v) is 11.3. The Morgan fingerprint density at radius 2 is 1.53 bits per heavy atom. The Bertz CT molecular complexity index is 1020. The number of carbonyl (C=O) groups excluding carboxylic acids is 2. The van der Waals surface area contributed by atoms with Crippen molar-refractivity contribution in [2.45, 2.75) is 12.5 Å². The maximum absolute atomic E-state index is 13.0. The van der Waals surface area contributed by atoms with E-state index in [1.54, 1.807) is 53.4 Å². The first-order chi connectivity index (χ1) is 15.5. The summed E-state index contributed by atoms with van der Waals surface area (Å²) in [4.78, 5) is 29.8. The van der Waals surface area contributed by atoms with Crippen LogP contribution in [0.25, 0.3) is 5.76 Å². The number of carbonyl (C=O) groups is 2. The van der Waals surface area contributed by atoms with Gasteiger partial charge in [-0.25, -0.2) is 0 Å². The topological polar surface area (TPSA) is 70.1 Å². The van der Waals surface area contributed by atoms with Gasteiger partial charge < -0.3 is 14.7 Å². The van der Waals surface area contributed by atoms with Crippen LogP contribution in [0.2, 0.25) is 10.0 Å². The molecule has 2 fully saturated rings.